The molecule has 1 atom stereocenters. The van der Waals surface area contributed by atoms with E-state index in [0.29, 0.717) is 18.0 Å². The van der Waals surface area contributed by atoms with Crippen molar-refractivity contribution in [1.29, 1.82) is 0 Å². The van der Waals surface area contributed by atoms with Crippen LogP contribution in [-0.4, -0.2) is 27.1 Å². The van der Waals surface area contributed by atoms with Crippen molar-refractivity contribution in [2.75, 3.05) is 6.54 Å². The first-order valence-corrected chi connectivity index (χ1v) is 8.11. The van der Waals surface area contributed by atoms with Crippen molar-refractivity contribution in [3.05, 3.63) is 65.4 Å². The summed E-state index contributed by atoms with van der Waals surface area (Å²) in [5.41, 5.74) is 2.64. The number of aryl methyl sites for hydroxylation is 1. The van der Waals surface area contributed by atoms with Gasteiger partial charge in [-0.1, -0.05) is 35.9 Å². The third-order valence-electron chi connectivity index (χ3n) is 3.85. The molecule has 3 rings (SSSR count). The fourth-order valence-corrected chi connectivity index (χ4v) is 2.64. The molecule has 0 saturated heterocycles. The molecule has 1 unspecified atom stereocenters. The van der Waals surface area contributed by atoms with Crippen LogP contribution in [0.4, 0.5) is 0 Å². The molecular formula is C18H18ClN3O2. The van der Waals surface area contributed by atoms with Crippen molar-refractivity contribution in [3.63, 3.8) is 0 Å². The second-order valence-corrected chi connectivity index (χ2v) is 5.98. The number of nitrogens with one attached hydrogen (secondary N) is 1. The number of carbonyl (C=O) groups excluding carboxylic acids is 1. The molecule has 3 aromatic rings. The maximum Gasteiger partial charge on any atom is 0.221 e. The third-order valence-corrected chi connectivity index (χ3v) is 4.11. The Morgan fingerprint density at radius 3 is 2.75 bits per heavy atom. The van der Waals surface area contributed by atoms with E-state index in [1.165, 1.54) is 0 Å². The number of halogens is 1. The van der Waals surface area contributed by atoms with Crippen LogP contribution in [0.2, 0.25) is 5.02 Å². The number of hydrogen-bond acceptors (Lipinski definition) is 3. The van der Waals surface area contributed by atoms with Gasteiger partial charge in [-0.2, -0.15) is 0 Å². The normalized spacial score (nSPS) is 12.2. The first-order chi connectivity index (χ1) is 11.6. The minimum Gasteiger partial charge on any atom is -0.387 e. The molecule has 0 saturated carbocycles. The Morgan fingerprint density at radius 1 is 1.21 bits per heavy atom. The van der Waals surface area contributed by atoms with E-state index in [1.807, 2.05) is 28.8 Å². The topological polar surface area (TPSA) is 67.2 Å². The number of hydrogen-bond donors (Lipinski definition) is 2. The maximum atomic E-state index is 12.0. The first-order valence-electron chi connectivity index (χ1n) is 7.73. The van der Waals surface area contributed by atoms with E-state index in [0.717, 1.165) is 16.6 Å². The van der Waals surface area contributed by atoms with E-state index in [-0.39, 0.29) is 12.5 Å². The number of rotatable bonds is 6. The van der Waals surface area contributed by atoms with E-state index in [2.05, 4.69) is 10.3 Å². The molecule has 2 aromatic carbocycles. The van der Waals surface area contributed by atoms with Crippen LogP contribution in [0.25, 0.3) is 11.0 Å². The van der Waals surface area contributed by atoms with Gasteiger partial charge in [-0.25, -0.2) is 4.98 Å². The van der Waals surface area contributed by atoms with Gasteiger partial charge in [0.25, 0.3) is 0 Å². The quantitative estimate of drug-likeness (QED) is 0.723. The Labute approximate surface area is 144 Å². The van der Waals surface area contributed by atoms with E-state index < -0.39 is 6.10 Å². The zero-order valence-corrected chi connectivity index (χ0v) is 13.8. The third kappa shape index (κ3) is 3.93. The molecule has 0 radical (unpaired) electrons. The second-order valence-electron chi connectivity index (χ2n) is 5.55. The van der Waals surface area contributed by atoms with Crippen molar-refractivity contribution < 1.29 is 9.90 Å². The average Bonchev–Trinajstić information content (AvgIpc) is 3.01. The molecule has 0 aliphatic rings. The average molecular weight is 344 g/mol. The summed E-state index contributed by atoms with van der Waals surface area (Å²) in [5, 5.41) is 13.4. The molecule has 0 spiro atoms. The molecular weight excluding hydrogens is 326 g/mol. The molecule has 0 bridgehead atoms. The lowest BCUT2D eigenvalue weighted by Crippen LogP contribution is -2.29. The highest BCUT2D eigenvalue weighted by Gasteiger charge is 2.10. The van der Waals surface area contributed by atoms with Gasteiger partial charge in [-0.3, -0.25) is 4.79 Å². The summed E-state index contributed by atoms with van der Waals surface area (Å²) in [7, 11) is 0. The highest BCUT2D eigenvalue weighted by Crippen LogP contribution is 2.16. The van der Waals surface area contributed by atoms with Gasteiger partial charge in [0, 0.05) is 24.5 Å². The maximum absolute atomic E-state index is 12.0. The van der Waals surface area contributed by atoms with Crippen LogP contribution in [0.15, 0.2) is 54.9 Å². The number of aromatic nitrogens is 2. The fourth-order valence-electron chi connectivity index (χ4n) is 2.51. The number of benzene rings is 2. The van der Waals surface area contributed by atoms with Gasteiger partial charge in [0.1, 0.15) is 0 Å². The highest BCUT2D eigenvalue weighted by atomic mass is 35.5. The van der Waals surface area contributed by atoms with Crippen molar-refractivity contribution in [2.24, 2.45) is 0 Å². The Hall–Kier alpha value is -2.37. The lowest BCUT2D eigenvalue weighted by Gasteiger charge is -2.12. The monoisotopic (exact) mass is 343 g/mol. The van der Waals surface area contributed by atoms with Crippen LogP contribution >= 0.6 is 11.6 Å². The van der Waals surface area contributed by atoms with Crippen LogP contribution < -0.4 is 5.32 Å². The van der Waals surface area contributed by atoms with Crippen LogP contribution in [0, 0.1) is 0 Å². The van der Waals surface area contributed by atoms with Gasteiger partial charge >= 0.3 is 0 Å². The molecule has 2 N–H and O–H groups in total. The van der Waals surface area contributed by atoms with Gasteiger partial charge in [0.2, 0.25) is 5.91 Å². The van der Waals surface area contributed by atoms with Crippen molar-refractivity contribution >= 4 is 28.5 Å². The zero-order valence-electron chi connectivity index (χ0n) is 13.0. The minimum atomic E-state index is -0.750. The number of amides is 1. The molecule has 1 aromatic heterocycles. The Kier molecular flexibility index (Phi) is 5.13. The lowest BCUT2D eigenvalue weighted by molar-refractivity contribution is -0.121. The molecule has 124 valence electrons. The molecule has 5 nitrogen and oxygen atoms in total. The minimum absolute atomic E-state index is 0.110. The van der Waals surface area contributed by atoms with E-state index in [1.54, 1.807) is 30.6 Å². The summed E-state index contributed by atoms with van der Waals surface area (Å²) in [6.45, 7) is 0.717. The van der Waals surface area contributed by atoms with Gasteiger partial charge in [-0.05, 0) is 29.8 Å². The molecule has 0 aliphatic carbocycles. The Balaban J connectivity index is 1.50. The van der Waals surface area contributed by atoms with Gasteiger partial charge < -0.3 is 15.0 Å². The first kappa shape index (κ1) is 16.5. The molecule has 0 aliphatic heterocycles. The number of imidazole rings is 1. The van der Waals surface area contributed by atoms with Crippen LogP contribution in [0.5, 0.6) is 0 Å². The summed E-state index contributed by atoms with van der Waals surface area (Å²) in [4.78, 5) is 16.3. The summed E-state index contributed by atoms with van der Waals surface area (Å²) in [6, 6.07) is 14.7. The van der Waals surface area contributed by atoms with E-state index in [9.17, 15) is 9.90 Å². The summed E-state index contributed by atoms with van der Waals surface area (Å²) in [6.07, 6.45) is 1.31. The van der Waals surface area contributed by atoms with E-state index in [4.69, 9.17) is 11.6 Å². The Bertz CT molecular complexity index is 830. The largest absolute Gasteiger partial charge is 0.387 e. The predicted molar refractivity (Wildman–Crippen MR) is 93.8 cm³/mol. The smallest absolute Gasteiger partial charge is 0.221 e. The number of fused-ring (bicyclic) bond motifs is 1. The fraction of sp³-hybridized carbons (Fsp3) is 0.222. The second kappa shape index (κ2) is 7.47. The van der Waals surface area contributed by atoms with Crippen molar-refractivity contribution in [2.45, 2.75) is 19.1 Å². The van der Waals surface area contributed by atoms with Crippen molar-refractivity contribution in [3.8, 4) is 0 Å². The molecule has 24 heavy (non-hydrogen) atoms. The van der Waals surface area contributed by atoms with Crippen molar-refractivity contribution in [1.82, 2.24) is 14.9 Å². The summed E-state index contributed by atoms with van der Waals surface area (Å²) >= 11 is 5.82. The van der Waals surface area contributed by atoms with Gasteiger partial charge in [0.05, 0.1) is 23.5 Å². The van der Waals surface area contributed by atoms with Crippen LogP contribution in [0.1, 0.15) is 18.1 Å². The number of nitrogens with zero attached hydrogens (tertiary/aromatic N) is 2. The van der Waals surface area contributed by atoms with Crippen LogP contribution in [0.3, 0.4) is 0 Å². The zero-order chi connectivity index (χ0) is 16.9. The van der Waals surface area contributed by atoms with Crippen LogP contribution in [-0.2, 0) is 11.3 Å². The summed E-state index contributed by atoms with van der Waals surface area (Å²) < 4.78 is 1.95. The SMILES string of the molecule is O=C(CCn1cnc2ccccc21)NCC(O)c1ccc(Cl)cc1. The van der Waals surface area contributed by atoms with Gasteiger partial charge in [0.15, 0.2) is 0 Å². The van der Waals surface area contributed by atoms with E-state index >= 15 is 0 Å². The standard InChI is InChI=1S/C18H18ClN3O2/c19-14-7-5-13(6-8-14)17(23)11-20-18(24)9-10-22-12-21-15-3-1-2-4-16(15)22/h1-8,12,17,23H,9-11H2,(H,20,24). The molecule has 1 heterocycles. The number of carbonyl (C=O) groups is 1. The Morgan fingerprint density at radius 2 is 1.96 bits per heavy atom. The predicted octanol–water partition coefficient (Wildman–Crippen LogP) is 2.93. The summed E-state index contributed by atoms with van der Waals surface area (Å²) in [5.74, 6) is -0.110. The highest BCUT2D eigenvalue weighted by molar-refractivity contribution is 6.30. The number of aliphatic hydroxyl groups is 1. The number of aliphatic hydroxyl groups excluding tert-OH is 1. The molecule has 6 heteroatoms. The molecule has 1 amide bonds. The van der Waals surface area contributed by atoms with Gasteiger partial charge in [-0.15, -0.1) is 0 Å². The molecule has 0 fully saturated rings. The lowest BCUT2D eigenvalue weighted by atomic mass is 10.1. The number of para-hydroxylation sites is 2.